The molecule has 0 spiro atoms. The first-order valence-corrected chi connectivity index (χ1v) is 12.7. The Labute approximate surface area is 202 Å². The summed E-state index contributed by atoms with van der Waals surface area (Å²) in [6.45, 7) is 11.5. The Hall–Kier alpha value is -1.89. The third-order valence-corrected chi connectivity index (χ3v) is 5.98. The molecule has 0 aromatic carbocycles. The highest BCUT2D eigenvalue weighted by Crippen LogP contribution is 2.22. The van der Waals surface area contributed by atoms with Crippen molar-refractivity contribution in [3.8, 4) is 0 Å². The summed E-state index contributed by atoms with van der Waals surface area (Å²) in [5.74, 6) is 0.936. The largest absolute Gasteiger partial charge is 0.389 e. The maximum Gasteiger partial charge on any atom is 0.338 e. The van der Waals surface area contributed by atoms with Crippen molar-refractivity contribution >= 4 is 17.9 Å². The maximum absolute atomic E-state index is 12.0. The number of esters is 2. The summed E-state index contributed by atoms with van der Waals surface area (Å²) in [6.07, 6.45) is 13.2. The van der Waals surface area contributed by atoms with E-state index in [1.54, 1.807) is 0 Å². The molecule has 0 saturated heterocycles. The van der Waals surface area contributed by atoms with Gasteiger partial charge in [-0.2, -0.15) is 0 Å². The zero-order valence-electron chi connectivity index (χ0n) is 21.8. The lowest BCUT2D eigenvalue weighted by atomic mass is 9.91. The highest BCUT2D eigenvalue weighted by molar-refractivity contribution is 5.94. The first kappa shape index (κ1) is 31.1. The van der Waals surface area contributed by atoms with Gasteiger partial charge in [-0.05, 0) is 50.4 Å². The number of carbonyl (C=O) groups excluding carboxylic acids is 2. The van der Waals surface area contributed by atoms with Gasteiger partial charge in [-0.1, -0.05) is 78.2 Å². The van der Waals surface area contributed by atoms with Crippen LogP contribution in [0.15, 0.2) is 16.6 Å². The molecule has 1 unspecified atom stereocenters. The quantitative estimate of drug-likeness (QED) is 0.0662. The summed E-state index contributed by atoms with van der Waals surface area (Å²) in [4.78, 5) is 27.7. The van der Waals surface area contributed by atoms with E-state index in [1.165, 1.54) is 44.6 Å². The summed E-state index contributed by atoms with van der Waals surface area (Å²) in [6, 6.07) is -0.865. The van der Waals surface area contributed by atoms with Crippen molar-refractivity contribution in [2.45, 2.75) is 111 Å². The predicted molar refractivity (Wildman–Crippen MR) is 137 cm³/mol. The molecule has 0 aromatic rings. The minimum absolute atomic E-state index is 0.00143. The van der Waals surface area contributed by atoms with Crippen LogP contribution in [0.5, 0.6) is 0 Å². The SMILES string of the molecule is C/C(=C\C(=O)OC(=O)C(N)CCCN=C(N)N)CCC[C@H](C)CCC[C@H](C)CCCC(C)C. The monoisotopic (exact) mass is 466 g/mol. The second-order valence-corrected chi connectivity index (χ2v) is 10.1. The molecule has 33 heavy (non-hydrogen) atoms. The number of nitrogens with two attached hydrogens (primary N) is 3. The number of allylic oxidation sites excluding steroid dienone is 1. The standard InChI is InChI=1S/C26H50N4O3/c1-19(2)10-6-11-20(3)12-7-13-21(4)14-8-15-22(5)18-24(31)33-25(32)23(27)16-9-17-30-26(28)29/h18-21,23H,6-17,27H2,1-5H3,(H4,28,29,30)/b22-18+/t20-,21-,23?/m1/s1. The van der Waals surface area contributed by atoms with Crippen molar-refractivity contribution in [1.82, 2.24) is 0 Å². The van der Waals surface area contributed by atoms with E-state index in [0.29, 0.717) is 25.3 Å². The zero-order valence-corrected chi connectivity index (χ0v) is 21.8. The van der Waals surface area contributed by atoms with Crippen LogP contribution in [0.4, 0.5) is 0 Å². The number of rotatable bonds is 18. The number of aliphatic imine (C=N–C) groups is 1. The fourth-order valence-electron chi connectivity index (χ4n) is 3.82. The second-order valence-electron chi connectivity index (χ2n) is 10.1. The van der Waals surface area contributed by atoms with E-state index in [9.17, 15) is 9.59 Å². The van der Waals surface area contributed by atoms with E-state index in [1.807, 2.05) is 6.92 Å². The van der Waals surface area contributed by atoms with Gasteiger partial charge >= 0.3 is 11.9 Å². The fraction of sp³-hybridized carbons (Fsp3) is 0.808. The van der Waals surface area contributed by atoms with Gasteiger partial charge in [-0.15, -0.1) is 0 Å². The minimum atomic E-state index is -0.865. The summed E-state index contributed by atoms with van der Waals surface area (Å²) in [5.41, 5.74) is 17.2. The van der Waals surface area contributed by atoms with Crippen molar-refractivity contribution < 1.29 is 14.3 Å². The molecule has 0 aromatic heterocycles. The third kappa shape index (κ3) is 19.3. The van der Waals surface area contributed by atoms with Crippen LogP contribution in [-0.4, -0.2) is 30.5 Å². The van der Waals surface area contributed by atoms with Gasteiger partial charge in [-0.25, -0.2) is 9.59 Å². The van der Waals surface area contributed by atoms with Gasteiger partial charge in [-0.3, -0.25) is 4.99 Å². The number of nitrogens with zero attached hydrogens (tertiary/aromatic N) is 1. The number of carbonyl (C=O) groups is 2. The molecule has 0 aliphatic heterocycles. The molecule has 0 amide bonds. The Kier molecular flexibility index (Phi) is 17.5. The molecule has 0 bridgehead atoms. The van der Waals surface area contributed by atoms with E-state index in [4.69, 9.17) is 21.9 Å². The predicted octanol–water partition coefficient (Wildman–Crippen LogP) is 4.82. The van der Waals surface area contributed by atoms with Crippen LogP contribution >= 0.6 is 0 Å². The molecule has 6 N–H and O–H groups in total. The molecule has 0 aliphatic rings. The molecule has 0 fully saturated rings. The lowest BCUT2D eigenvalue weighted by Crippen LogP contribution is -2.33. The third-order valence-electron chi connectivity index (χ3n) is 5.98. The van der Waals surface area contributed by atoms with Gasteiger partial charge < -0.3 is 21.9 Å². The van der Waals surface area contributed by atoms with E-state index in [0.717, 1.165) is 36.7 Å². The van der Waals surface area contributed by atoms with Crippen LogP contribution in [0.1, 0.15) is 105 Å². The average molecular weight is 467 g/mol. The number of ether oxygens (including phenoxy) is 1. The first-order chi connectivity index (χ1) is 15.5. The molecule has 0 heterocycles. The highest BCUT2D eigenvalue weighted by Gasteiger charge is 2.17. The van der Waals surface area contributed by atoms with Gasteiger partial charge in [0.25, 0.3) is 0 Å². The van der Waals surface area contributed by atoms with E-state index >= 15 is 0 Å². The molecule has 192 valence electrons. The molecule has 0 radical (unpaired) electrons. The Morgan fingerprint density at radius 1 is 0.848 bits per heavy atom. The number of hydrogen-bond acceptors (Lipinski definition) is 5. The summed E-state index contributed by atoms with van der Waals surface area (Å²) in [7, 11) is 0. The second kappa shape index (κ2) is 18.5. The van der Waals surface area contributed by atoms with Crippen LogP contribution < -0.4 is 17.2 Å². The molecule has 3 atom stereocenters. The molecule has 0 rings (SSSR count). The topological polar surface area (TPSA) is 134 Å². The van der Waals surface area contributed by atoms with Gasteiger partial charge in [0.2, 0.25) is 0 Å². The molecule has 7 heteroatoms. The summed E-state index contributed by atoms with van der Waals surface area (Å²) >= 11 is 0. The van der Waals surface area contributed by atoms with Crippen LogP contribution in [-0.2, 0) is 14.3 Å². The minimum Gasteiger partial charge on any atom is -0.389 e. The Morgan fingerprint density at radius 2 is 1.39 bits per heavy atom. The average Bonchev–Trinajstić information content (AvgIpc) is 2.70. The lowest BCUT2D eigenvalue weighted by Gasteiger charge is -2.15. The lowest BCUT2D eigenvalue weighted by molar-refractivity contribution is -0.157. The van der Waals surface area contributed by atoms with Gasteiger partial charge in [0.05, 0.1) is 0 Å². The number of hydrogen-bond donors (Lipinski definition) is 3. The Morgan fingerprint density at radius 3 is 1.94 bits per heavy atom. The van der Waals surface area contributed by atoms with Crippen LogP contribution in [0.3, 0.4) is 0 Å². The number of guanidine groups is 1. The fourth-order valence-corrected chi connectivity index (χ4v) is 3.82. The molecule has 0 aliphatic carbocycles. The molecule has 7 nitrogen and oxygen atoms in total. The Bertz CT molecular complexity index is 613. The van der Waals surface area contributed by atoms with Crippen molar-refractivity contribution in [3.05, 3.63) is 11.6 Å². The normalized spacial score (nSPS) is 14.6. The molecule has 0 saturated carbocycles. The highest BCUT2D eigenvalue weighted by atomic mass is 16.6. The van der Waals surface area contributed by atoms with E-state index in [2.05, 4.69) is 32.7 Å². The zero-order chi connectivity index (χ0) is 25.2. The van der Waals surface area contributed by atoms with Gasteiger partial charge in [0.1, 0.15) is 6.04 Å². The van der Waals surface area contributed by atoms with Crippen LogP contribution in [0.2, 0.25) is 0 Å². The summed E-state index contributed by atoms with van der Waals surface area (Å²) in [5, 5.41) is 0. The van der Waals surface area contributed by atoms with Crippen LogP contribution in [0, 0.1) is 17.8 Å². The van der Waals surface area contributed by atoms with Crippen molar-refractivity contribution in [3.63, 3.8) is 0 Å². The van der Waals surface area contributed by atoms with E-state index in [-0.39, 0.29) is 5.96 Å². The molecular formula is C26H50N4O3. The molecular weight excluding hydrogens is 416 g/mol. The van der Waals surface area contributed by atoms with Crippen molar-refractivity contribution in [1.29, 1.82) is 0 Å². The van der Waals surface area contributed by atoms with Crippen molar-refractivity contribution in [2.24, 2.45) is 39.9 Å². The Balaban J connectivity index is 4.02. The smallest absolute Gasteiger partial charge is 0.338 e. The first-order valence-electron chi connectivity index (χ1n) is 12.7. The van der Waals surface area contributed by atoms with Crippen LogP contribution in [0.25, 0.3) is 0 Å². The van der Waals surface area contributed by atoms with Crippen molar-refractivity contribution in [2.75, 3.05) is 6.54 Å². The van der Waals surface area contributed by atoms with Gasteiger partial charge in [0, 0.05) is 12.6 Å². The maximum atomic E-state index is 12.0. The summed E-state index contributed by atoms with van der Waals surface area (Å²) < 4.78 is 4.84. The van der Waals surface area contributed by atoms with Gasteiger partial charge in [0.15, 0.2) is 5.96 Å². The van der Waals surface area contributed by atoms with E-state index < -0.39 is 18.0 Å².